The summed E-state index contributed by atoms with van der Waals surface area (Å²) in [4.78, 5) is 32.4. The fourth-order valence-corrected chi connectivity index (χ4v) is 3.02. The number of nitrogens with zero attached hydrogens (tertiary/aromatic N) is 3. The number of benzene rings is 1. The molecule has 0 bridgehead atoms. The van der Waals surface area contributed by atoms with Crippen molar-refractivity contribution in [1.29, 1.82) is 0 Å². The largest absolute Gasteiger partial charge is 0.497 e. The van der Waals surface area contributed by atoms with Crippen molar-refractivity contribution in [1.82, 2.24) is 20.4 Å². The highest BCUT2D eigenvalue weighted by Crippen LogP contribution is 2.14. The minimum atomic E-state index is -0.540. The van der Waals surface area contributed by atoms with E-state index in [0.717, 1.165) is 17.7 Å². The summed E-state index contributed by atoms with van der Waals surface area (Å²) >= 11 is 0. The standard InChI is InChI=1S/C22H35N5O4/c1-22(2,3)31-21(29)25-17-11-12-27(15-17)20(24-14-19(28)26(4)5)23-13-16-7-9-18(30-6)10-8-16/h7-10,17H,11-15H2,1-6H3,(H,23,24)(H,25,29). The zero-order chi connectivity index (χ0) is 23.0. The molecule has 1 aromatic carbocycles. The molecule has 2 N–H and O–H groups in total. The molecule has 172 valence electrons. The van der Waals surface area contributed by atoms with E-state index in [2.05, 4.69) is 15.5 Å². The number of hydrogen-bond acceptors (Lipinski definition) is 5. The van der Waals surface area contributed by atoms with Crippen molar-refractivity contribution in [2.75, 3.05) is 40.8 Å². The Hall–Kier alpha value is -2.97. The van der Waals surface area contributed by atoms with Gasteiger partial charge < -0.3 is 29.9 Å². The van der Waals surface area contributed by atoms with Crippen LogP contribution in [0.4, 0.5) is 4.79 Å². The highest BCUT2D eigenvalue weighted by molar-refractivity contribution is 5.86. The van der Waals surface area contributed by atoms with Crippen molar-refractivity contribution < 1.29 is 19.1 Å². The van der Waals surface area contributed by atoms with Crippen LogP contribution in [-0.2, 0) is 16.1 Å². The molecule has 0 aromatic heterocycles. The number of likely N-dealkylation sites (tertiary alicyclic amines) is 1. The summed E-state index contributed by atoms with van der Waals surface area (Å²) < 4.78 is 10.5. The molecule has 9 heteroatoms. The quantitative estimate of drug-likeness (QED) is 0.525. The van der Waals surface area contributed by atoms with Crippen LogP contribution in [0.25, 0.3) is 0 Å². The number of likely N-dealkylation sites (N-methyl/N-ethyl adjacent to an activating group) is 1. The molecule has 1 unspecified atom stereocenters. The number of carbonyl (C=O) groups is 2. The minimum absolute atomic E-state index is 0.0419. The highest BCUT2D eigenvalue weighted by Gasteiger charge is 2.28. The number of aliphatic imine (C=N–C) groups is 1. The van der Waals surface area contributed by atoms with E-state index in [1.807, 2.05) is 45.0 Å². The van der Waals surface area contributed by atoms with Crippen LogP contribution in [0.1, 0.15) is 32.8 Å². The van der Waals surface area contributed by atoms with Crippen LogP contribution in [-0.4, -0.2) is 80.2 Å². The Morgan fingerprint density at radius 2 is 1.90 bits per heavy atom. The molecule has 9 nitrogen and oxygen atoms in total. The second kappa shape index (κ2) is 10.9. The maximum absolute atomic E-state index is 12.1. The summed E-state index contributed by atoms with van der Waals surface area (Å²) in [7, 11) is 5.07. The number of methoxy groups -OCH3 is 1. The number of carbonyl (C=O) groups excluding carboxylic acids is 2. The first-order valence-corrected chi connectivity index (χ1v) is 10.4. The van der Waals surface area contributed by atoms with E-state index in [9.17, 15) is 9.59 Å². The molecule has 0 saturated carbocycles. The fraction of sp³-hybridized carbons (Fsp3) is 0.591. The van der Waals surface area contributed by atoms with E-state index in [0.29, 0.717) is 25.6 Å². The maximum atomic E-state index is 12.1. The lowest BCUT2D eigenvalue weighted by molar-refractivity contribution is -0.127. The number of hydrogen-bond donors (Lipinski definition) is 2. The second-order valence-corrected chi connectivity index (χ2v) is 8.71. The van der Waals surface area contributed by atoms with E-state index >= 15 is 0 Å². The van der Waals surface area contributed by atoms with Gasteiger partial charge in [-0.2, -0.15) is 0 Å². The van der Waals surface area contributed by atoms with E-state index in [4.69, 9.17) is 14.5 Å². The van der Waals surface area contributed by atoms with Crippen LogP contribution < -0.4 is 15.4 Å². The Morgan fingerprint density at radius 3 is 2.48 bits per heavy atom. The van der Waals surface area contributed by atoms with Gasteiger partial charge in [0.2, 0.25) is 5.91 Å². The molecule has 2 amide bonds. The number of ether oxygens (including phenoxy) is 2. The number of alkyl carbamates (subject to hydrolysis) is 1. The molecular weight excluding hydrogens is 398 g/mol. The van der Waals surface area contributed by atoms with Crippen LogP contribution in [0.15, 0.2) is 29.3 Å². The molecule has 1 aliphatic heterocycles. The fourth-order valence-electron chi connectivity index (χ4n) is 3.02. The topological polar surface area (TPSA) is 95.5 Å². The number of amides is 2. The number of guanidine groups is 1. The summed E-state index contributed by atoms with van der Waals surface area (Å²) in [5.41, 5.74) is 0.489. The molecule has 2 rings (SSSR count). The van der Waals surface area contributed by atoms with E-state index in [-0.39, 0.29) is 18.5 Å². The van der Waals surface area contributed by atoms with Gasteiger partial charge in [0, 0.05) is 27.2 Å². The summed E-state index contributed by atoms with van der Waals surface area (Å²) in [6, 6.07) is 7.66. The molecule has 0 spiro atoms. The van der Waals surface area contributed by atoms with Crippen molar-refractivity contribution >= 4 is 18.0 Å². The minimum Gasteiger partial charge on any atom is -0.497 e. The number of nitrogens with one attached hydrogen (secondary N) is 2. The normalized spacial score (nSPS) is 16.6. The first kappa shape index (κ1) is 24.3. The van der Waals surface area contributed by atoms with Gasteiger partial charge in [0.15, 0.2) is 5.96 Å². The zero-order valence-corrected chi connectivity index (χ0v) is 19.4. The average molecular weight is 434 g/mol. The molecule has 31 heavy (non-hydrogen) atoms. The van der Waals surface area contributed by atoms with Gasteiger partial charge >= 0.3 is 6.09 Å². The third kappa shape index (κ3) is 8.35. The first-order chi connectivity index (χ1) is 14.6. The predicted octanol–water partition coefficient (Wildman–Crippen LogP) is 1.83. The zero-order valence-electron chi connectivity index (χ0n) is 19.4. The van der Waals surface area contributed by atoms with E-state index in [1.54, 1.807) is 21.2 Å². The number of rotatable bonds is 6. The van der Waals surface area contributed by atoms with Crippen molar-refractivity contribution in [2.45, 2.75) is 45.4 Å². The highest BCUT2D eigenvalue weighted by atomic mass is 16.6. The van der Waals surface area contributed by atoms with Crippen LogP contribution in [0, 0.1) is 0 Å². The van der Waals surface area contributed by atoms with E-state index in [1.165, 1.54) is 4.90 Å². The molecule has 1 atom stereocenters. The monoisotopic (exact) mass is 433 g/mol. The van der Waals surface area contributed by atoms with Gasteiger partial charge in [0.05, 0.1) is 26.2 Å². The van der Waals surface area contributed by atoms with Gasteiger partial charge in [-0.25, -0.2) is 9.79 Å². The van der Waals surface area contributed by atoms with Gasteiger partial charge in [0.1, 0.15) is 11.4 Å². The first-order valence-electron chi connectivity index (χ1n) is 10.4. The third-order valence-corrected chi connectivity index (χ3v) is 4.68. The van der Waals surface area contributed by atoms with Gasteiger partial charge in [-0.3, -0.25) is 4.79 Å². The average Bonchev–Trinajstić information content (AvgIpc) is 3.14. The maximum Gasteiger partial charge on any atom is 0.407 e. The predicted molar refractivity (Wildman–Crippen MR) is 120 cm³/mol. The van der Waals surface area contributed by atoms with Crippen molar-refractivity contribution in [3.63, 3.8) is 0 Å². The van der Waals surface area contributed by atoms with Gasteiger partial charge in [-0.05, 0) is 44.9 Å². The van der Waals surface area contributed by atoms with Crippen LogP contribution in [0.5, 0.6) is 5.75 Å². The van der Waals surface area contributed by atoms with Crippen LogP contribution in [0.2, 0.25) is 0 Å². The van der Waals surface area contributed by atoms with Crippen molar-refractivity contribution in [3.05, 3.63) is 29.8 Å². The lowest BCUT2D eigenvalue weighted by Crippen LogP contribution is -2.46. The summed E-state index contributed by atoms with van der Waals surface area (Å²) in [6.45, 7) is 7.42. The molecular formula is C22H35N5O4. The third-order valence-electron chi connectivity index (χ3n) is 4.68. The Balaban J connectivity index is 2.03. The smallest absolute Gasteiger partial charge is 0.407 e. The van der Waals surface area contributed by atoms with Crippen molar-refractivity contribution in [2.24, 2.45) is 4.99 Å². The Labute approximate surface area is 184 Å². The van der Waals surface area contributed by atoms with Gasteiger partial charge in [0.25, 0.3) is 0 Å². The lowest BCUT2D eigenvalue weighted by atomic mass is 10.2. The van der Waals surface area contributed by atoms with Crippen LogP contribution in [0.3, 0.4) is 0 Å². The Morgan fingerprint density at radius 1 is 1.23 bits per heavy atom. The summed E-state index contributed by atoms with van der Waals surface area (Å²) in [6.07, 6.45) is 0.344. The molecule has 0 aliphatic carbocycles. The molecule has 1 aromatic rings. The van der Waals surface area contributed by atoms with Gasteiger partial charge in [-0.15, -0.1) is 0 Å². The SMILES string of the molecule is COc1ccc(CN=C(NCC(=O)N(C)C)N2CCC(NC(=O)OC(C)(C)C)C2)cc1. The van der Waals surface area contributed by atoms with Gasteiger partial charge in [-0.1, -0.05) is 12.1 Å². The van der Waals surface area contributed by atoms with E-state index < -0.39 is 11.7 Å². The Bertz CT molecular complexity index is 771. The molecule has 1 heterocycles. The molecule has 1 fully saturated rings. The summed E-state index contributed by atoms with van der Waals surface area (Å²) in [5, 5.41) is 6.08. The molecule has 1 saturated heterocycles. The van der Waals surface area contributed by atoms with Crippen LogP contribution >= 0.6 is 0 Å². The second-order valence-electron chi connectivity index (χ2n) is 8.71. The molecule has 1 aliphatic rings. The molecule has 0 radical (unpaired) electrons. The lowest BCUT2D eigenvalue weighted by Gasteiger charge is -2.24. The Kier molecular flexibility index (Phi) is 8.53. The summed E-state index contributed by atoms with van der Waals surface area (Å²) in [5.74, 6) is 1.39. The van der Waals surface area contributed by atoms with Crippen molar-refractivity contribution in [3.8, 4) is 5.75 Å².